The zero-order valence-electron chi connectivity index (χ0n) is 14.5. The minimum atomic E-state index is -0.244. The summed E-state index contributed by atoms with van der Waals surface area (Å²) in [4.78, 5) is 19.0. The molecular formula is C21H19N3O2. The molecule has 2 aromatic carbocycles. The number of benzene rings is 2. The third kappa shape index (κ3) is 3.11. The predicted molar refractivity (Wildman–Crippen MR) is 102 cm³/mol. The third-order valence-corrected chi connectivity index (χ3v) is 4.51. The first kappa shape index (κ1) is 16.1. The van der Waals surface area contributed by atoms with Crippen molar-refractivity contribution in [2.24, 2.45) is 0 Å². The first-order valence-electron chi connectivity index (χ1n) is 8.51. The third-order valence-electron chi connectivity index (χ3n) is 4.51. The van der Waals surface area contributed by atoms with Crippen LogP contribution in [0.2, 0.25) is 0 Å². The molecule has 130 valence electrons. The second-order valence-corrected chi connectivity index (χ2v) is 6.12. The van der Waals surface area contributed by atoms with Gasteiger partial charge in [0, 0.05) is 24.0 Å². The van der Waals surface area contributed by atoms with Gasteiger partial charge in [-0.2, -0.15) is 0 Å². The van der Waals surface area contributed by atoms with Gasteiger partial charge >= 0.3 is 0 Å². The molecule has 1 aromatic heterocycles. The van der Waals surface area contributed by atoms with Crippen molar-refractivity contribution in [1.82, 2.24) is 4.98 Å². The highest BCUT2D eigenvalue weighted by molar-refractivity contribution is 6.03. The number of hydrogen-bond acceptors (Lipinski definition) is 4. The fourth-order valence-electron chi connectivity index (χ4n) is 3.18. The van der Waals surface area contributed by atoms with Crippen LogP contribution in [0.4, 0.5) is 17.1 Å². The highest BCUT2D eigenvalue weighted by atomic mass is 16.5. The van der Waals surface area contributed by atoms with Gasteiger partial charge in [-0.3, -0.25) is 4.79 Å². The summed E-state index contributed by atoms with van der Waals surface area (Å²) in [6, 6.07) is 19.3. The molecule has 2 heterocycles. The Bertz CT molecular complexity index is 938. The fourth-order valence-corrected chi connectivity index (χ4v) is 3.18. The molecule has 0 atom stereocenters. The number of rotatable bonds is 4. The SMILES string of the molecule is COc1cccc(NC(=O)c2ccc(N3CCc4ccccc43)cn2)c1. The molecule has 0 aliphatic carbocycles. The Labute approximate surface area is 152 Å². The van der Waals surface area contributed by atoms with E-state index >= 15 is 0 Å². The number of anilines is 3. The zero-order chi connectivity index (χ0) is 17.9. The maximum atomic E-state index is 12.4. The van der Waals surface area contributed by atoms with Crippen molar-refractivity contribution in [3.8, 4) is 5.75 Å². The van der Waals surface area contributed by atoms with Crippen LogP contribution >= 0.6 is 0 Å². The first-order valence-corrected chi connectivity index (χ1v) is 8.51. The van der Waals surface area contributed by atoms with Gasteiger partial charge in [0.05, 0.1) is 19.0 Å². The molecule has 1 amide bonds. The van der Waals surface area contributed by atoms with Gasteiger partial charge in [0.1, 0.15) is 11.4 Å². The molecule has 5 heteroatoms. The molecule has 5 nitrogen and oxygen atoms in total. The van der Waals surface area contributed by atoms with Crippen molar-refractivity contribution in [2.75, 3.05) is 23.9 Å². The molecule has 26 heavy (non-hydrogen) atoms. The second kappa shape index (κ2) is 6.88. The number of pyridine rings is 1. The molecule has 0 fully saturated rings. The van der Waals surface area contributed by atoms with Gasteiger partial charge in [-0.25, -0.2) is 4.98 Å². The maximum absolute atomic E-state index is 12.4. The molecule has 1 N–H and O–H groups in total. The van der Waals surface area contributed by atoms with Gasteiger partial charge in [-0.1, -0.05) is 24.3 Å². The second-order valence-electron chi connectivity index (χ2n) is 6.12. The van der Waals surface area contributed by atoms with Crippen LogP contribution in [-0.4, -0.2) is 24.5 Å². The van der Waals surface area contributed by atoms with Gasteiger partial charge in [0.15, 0.2) is 0 Å². The average molecular weight is 345 g/mol. The topological polar surface area (TPSA) is 54.5 Å². The molecular weight excluding hydrogens is 326 g/mol. The summed E-state index contributed by atoms with van der Waals surface area (Å²) in [6.45, 7) is 0.927. The van der Waals surface area contributed by atoms with Crippen LogP contribution in [0.5, 0.6) is 5.75 Å². The largest absolute Gasteiger partial charge is 0.497 e. The van der Waals surface area contributed by atoms with Crippen LogP contribution < -0.4 is 15.0 Å². The van der Waals surface area contributed by atoms with Crippen LogP contribution in [-0.2, 0) is 6.42 Å². The smallest absolute Gasteiger partial charge is 0.274 e. The molecule has 3 aromatic rings. The van der Waals surface area contributed by atoms with Gasteiger partial charge in [0.2, 0.25) is 0 Å². The lowest BCUT2D eigenvalue weighted by Crippen LogP contribution is -2.16. The molecule has 0 spiro atoms. The number of fused-ring (bicyclic) bond motifs is 1. The minimum absolute atomic E-state index is 0.244. The van der Waals surface area contributed by atoms with Gasteiger partial charge in [0.25, 0.3) is 5.91 Å². The number of hydrogen-bond donors (Lipinski definition) is 1. The van der Waals surface area contributed by atoms with E-state index in [1.54, 1.807) is 25.4 Å². The van der Waals surface area contributed by atoms with Crippen molar-refractivity contribution in [2.45, 2.75) is 6.42 Å². The summed E-state index contributed by atoms with van der Waals surface area (Å²) in [5, 5.41) is 2.84. The van der Waals surface area contributed by atoms with Gasteiger partial charge in [-0.15, -0.1) is 0 Å². The summed E-state index contributed by atoms with van der Waals surface area (Å²) >= 11 is 0. The molecule has 0 bridgehead atoms. The summed E-state index contributed by atoms with van der Waals surface area (Å²) in [6.07, 6.45) is 2.77. The summed E-state index contributed by atoms with van der Waals surface area (Å²) in [5.41, 5.74) is 4.60. The zero-order valence-corrected chi connectivity index (χ0v) is 14.5. The first-order chi connectivity index (χ1) is 12.7. The number of aromatic nitrogens is 1. The number of para-hydroxylation sites is 1. The summed E-state index contributed by atoms with van der Waals surface area (Å²) in [7, 11) is 1.59. The monoisotopic (exact) mass is 345 g/mol. The Morgan fingerprint density at radius 1 is 1.12 bits per heavy atom. The number of amides is 1. The van der Waals surface area contributed by atoms with E-state index in [-0.39, 0.29) is 5.91 Å². The number of carbonyl (C=O) groups is 1. The molecule has 1 aliphatic rings. The van der Waals surface area contributed by atoms with E-state index < -0.39 is 0 Å². The number of nitrogens with zero attached hydrogens (tertiary/aromatic N) is 2. The molecule has 0 saturated heterocycles. The van der Waals surface area contributed by atoms with Crippen LogP contribution in [0, 0.1) is 0 Å². The van der Waals surface area contributed by atoms with Crippen molar-refractivity contribution >= 4 is 23.0 Å². The van der Waals surface area contributed by atoms with E-state index in [2.05, 4.69) is 33.4 Å². The van der Waals surface area contributed by atoms with Crippen molar-refractivity contribution in [3.05, 3.63) is 78.1 Å². The summed E-state index contributed by atoms with van der Waals surface area (Å²) < 4.78 is 5.17. The Kier molecular flexibility index (Phi) is 4.27. The minimum Gasteiger partial charge on any atom is -0.497 e. The Morgan fingerprint density at radius 2 is 2.00 bits per heavy atom. The van der Waals surface area contributed by atoms with Crippen LogP contribution in [0.25, 0.3) is 0 Å². The van der Waals surface area contributed by atoms with E-state index in [4.69, 9.17) is 4.74 Å². The van der Waals surface area contributed by atoms with Gasteiger partial charge in [-0.05, 0) is 42.3 Å². The Morgan fingerprint density at radius 3 is 2.81 bits per heavy atom. The highest BCUT2D eigenvalue weighted by Crippen LogP contribution is 2.33. The number of carbonyl (C=O) groups excluding carboxylic acids is 1. The lowest BCUT2D eigenvalue weighted by molar-refractivity contribution is 0.102. The van der Waals surface area contributed by atoms with Gasteiger partial charge < -0.3 is 15.0 Å². The van der Waals surface area contributed by atoms with Crippen LogP contribution in [0.3, 0.4) is 0 Å². The van der Waals surface area contributed by atoms with Crippen molar-refractivity contribution in [1.29, 1.82) is 0 Å². The van der Waals surface area contributed by atoms with E-state index in [1.165, 1.54) is 11.3 Å². The number of methoxy groups -OCH3 is 1. The van der Waals surface area contributed by atoms with Crippen LogP contribution in [0.1, 0.15) is 16.1 Å². The van der Waals surface area contributed by atoms with Crippen molar-refractivity contribution < 1.29 is 9.53 Å². The Hall–Kier alpha value is -3.34. The van der Waals surface area contributed by atoms with Crippen LogP contribution in [0.15, 0.2) is 66.9 Å². The normalized spacial score (nSPS) is 12.6. The quantitative estimate of drug-likeness (QED) is 0.775. The highest BCUT2D eigenvalue weighted by Gasteiger charge is 2.20. The van der Waals surface area contributed by atoms with E-state index in [1.807, 2.05) is 30.3 Å². The standard InChI is InChI=1S/C21H19N3O2/c1-26-18-7-4-6-16(13-18)23-21(25)19-10-9-17(14-22-19)24-12-11-15-5-2-3-8-20(15)24/h2-10,13-14H,11-12H2,1H3,(H,23,25). The molecule has 0 unspecified atom stereocenters. The maximum Gasteiger partial charge on any atom is 0.274 e. The number of nitrogens with one attached hydrogen (secondary N) is 1. The van der Waals surface area contributed by atoms with Crippen molar-refractivity contribution in [3.63, 3.8) is 0 Å². The van der Waals surface area contributed by atoms with E-state index in [9.17, 15) is 4.79 Å². The Balaban J connectivity index is 1.50. The lowest BCUT2D eigenvalue weighted by Gasteiger charge is -2.19. The molecule has 1 aliphatic heterocycles. The molecule has 0 radical (unpaired) electrons. The lowest BCUT2D eigenvalue weighted by atomic mass is 10.2. The van der Waals surface area contributed by atoms with E-state index in [0.29, 0.717) is 17.1 Å². The fraction of sp³-hybridized carbons (Fsp3) is 0.143. The van der Waals surface area contributed by atoms with E-state index in [0.717, 1.165) is 18.7 Å². The predicted octanol–water partition coefficient (Wildman–Crippen LogP) is 4.04. The number of ether oxygens (including phenoxy) is 1. The molecule has 0 saturated carbocycles. The molecule has 4 rings (SSSR count). The summed E-state index contributed by atoms with van der Waals surface area (Å²) in [5.74, 6) is 0.449. The average Bonchev–Trinajstić information content (AvgIpc) is 3.12.